The monoisotopic (exact) mass is 536 g/mol. The predicted molar refractivity (Wildman–Crippen MR) is 143 cm³/mol. The molecule has 1 heterocycles. The molecule has 1 saturated heterocycles. The molecule has 36 heavy (non-hydrogen) atoms. The Balaban J connectivity index is 1.68. The Bertz CT molecular complexity index is 1140. The van der Waals surface area contributed by atoms with Crippen LogP contribution in [0, 0.1) is 0 Å². The van der Waals surface area contributed by atoms with Gasteiger partial charge >= 0.3 is 6.03 Å². The maximum atomic E-state index is 13.5. The van der Waals surface area contributed by atoms with Crippen molar-refractivity contribution in [2.24, 2.45) is 5.73 Å². The van der Waals surface area contributed by atoms with Crippen molar-refractivity contribution < 1.29 is 18.0 Å². The molecule has 196 valence electrons. The number of nitrogens with two attached hydrogens (primary N) is 1. The molecule has 10 nitrogen and oxygen atoms in total. The fourth-order valence-electron chi connectivity index (χ4n) is 3.99. The number of nitrogens with zero attached hydrogens (tertiary/aromatic N) is 2. The number of carbonyl (C=O) groups excluding carboxylic acids is 2. The largest absolute Gasteiger partial charge is 0.366 e. The lowest BCUT2D eigenvalue weighted by molar-refractivity contribution is -0.133. The average Bonchev–Trinajstić information content (AvgIpc) is 2.84. The number of amides is 3. The summed E-state index contributed by atoms with van der Waals surface area (Å²) in [6.07, 6.45) is 2.07. The second-order valence-electron chi connectivity index (χ2n) is 8.63. The molecule has 5 N–H and O–H groups in total. The van der Waals surface area contributed by atoms with E-state index in [1.807, 2.05) is 29.2 Å². The number of nitrogens with one attached hydrogen (secondary N) is 3. The van der Waals surface area contributed by atoms with Gasteiger partial charge in [-0.15, -0.1) is 0 Å². The number of piperazine rings is 1. The predicted octanol–water partition coefficient (Wildman–Crippen LogP) is 1.62. The highest BCUT2D eigenvalue weighted by Crippen LogP contribution is 2.27. The molecule has 0 bridgehead atoms. The number of hydrogen-bond acceptors (Lipinski definition) is 6. The normalized spacial score (nSPS) is 14.8. The van der Waals surface area contributed by atoms with E-state index < -0.39 is 22.1 Å². The molecule has 2 aromatic carbocycles. The Labute approximate surface area is 217 Å². The van der Waals surface area contributed by atoms with Gasteiger partial charge in [-0.05, 0) is 42.8 Å². The molecule has 1 aliphatic heterocycles. The van der Waals surface area contributed by atoms with E-state index >= 15 is 0 Å². The van der Waals surface area contributed by atoms with Crippen LogP contribution in [0.5, 0.6) is 0 Å². The Kier molecular flexibility index (Phi) is 9.80. The van der Waals surface area contributed by atoms with Crippen molar-refractivity contribution in [3.8, 4) is 0 Å². The summed E-state index contributed by atoms with van der Waals surface area (Å²) in [4.78, 5) is 29.7. The van der Waals surface area contributed by atoms with Crippen LogP contribution < -0.4 is 26.0 Å². The summed E-state index contributed by atoms with van der Waals surface area (Å²) in [6, 6.07) is 13.2. The summed E-state index contributed by atoms with van der Waals surface area (Å²) < 4.78 is 26.1. The maximum absolute atomic E-state index is 13.5. The quantitative estimate of drug-likeness (QED) is 0.341. The SMILES string of the molecule is CS(=O)(=O)Nc1ccccc1N1CCN(C(=O)C(Cc2ccc(Cl)cc2)NC(=O)NCCCN)CC1. The van der Waals surface area contributed by atoms with Gasteiger partial charge in [-0.2, -0.15) is 0 Å². The molecule has 1 fully saturated rings. The minimum absolute atomic E-state index is 0.180. The first-order valence-corrected chi connectivity index (χ1v) is 14.0. The first kappa shape index (κ1) is 27.6. The zero-order valence-electron chi connectivity index (χ0n) is 20.2. The van der Waals surface area contributed by atoms with E-state index in [-0.39, 0.29) is 5.91 Å². The highest BCUT2D eigenvalue weighted by molar-refractivity contribution is 7.92. The van der Waals surface area contributed by atoms with Crippen LogP contribution in [0.4, 0.5) is 16.2 Å². The van der Waals surface area contributed by atoms with Gasteiger partial charge in [0.25, 0.3) is 0 Å². The summed E-state index contributed by atoms with van der Waals surface area (Å²) >= 11 is 5.99. The van der Waals surface area contributed by atoms with Crippen molar-refractivity contribution in [2.45, 2.75) is 18.9 Å². The maximum Gasteiger partial charge on any atom is 0.315 e. The van der Waals surface area contributed by atoms with Gasteiger partial charge in [-0.1, -0.05) is 35.9 Å². The topological polar surface area (TPSA) is 137 Å². The molecule has 1 unspecified atom stereocenters. The number of halogens is 1. The van der Waals surface area contributed by atoms with Gasteiger partial charge in [0.05, 0.1) is 17.6 Å². The van der Waals surface area contributed by atoms with Crippen LogP contribution >= 0.6 is 11.6 Å². The number of benzene rings is 2. The van der Waals surface area contributed by atoms with Crippen LogP contribution in [-0.4, -0.2) is 76.8 Å². The molecule has 1 atom stereocenters. The third-order valence-corrected chi connectivity index (χ3v) is 6.60. The first-order chi connectivity index (χ1) is 17.2. The number of sulfonamides is 1. The zero-order valence-corrected chi connectivity index (χ0v) is 21.8. The molecule has 3 amide bonds. The van der Waals surface area contributed by atoms with E-state index in [9.17, 15) is 18.0 Å². The Hall–Kier alpha value is -3.02. The molecular weight excluding hydrogens is 504 g/mol. The van der Waals surface area contributed by atoms with Gasteiger partial charge in [0.15, 0.2) is 0 Å². The van der Waals surface area contributed by atoms with Crippen molar-refractivity contribution in [1.29, 1.82) is 0 Å². The summed E-state index contributed by atoms with van der Waals surface area (Å²) in [5.41, 5.74) is 7.61. The molecular formula is C24H33ClN6O4S. The molecule has 3 rings (SSSR count). The van der Waals surface area contributed by atoms with Gasteiger partial charge < -0.3 is 26.2 Å². The minimum Gasteiger partial charge on any atom is -0.366 e. The molecule has 2 aromatic rings. The number of rotatable bonds is 10. The standard InChI is InChI=1S/C24H33ClN6O4S/c1-36(34,35)29-20-5-2-3-6-22(20)30-13-15-31(16-14-30)23(32)21(28-24(33)27-12-4-11-26)17-18-7-9-19(25)10-8-18/h2-3,5-10,21,29H,4,11-17,26H2,1H3,(H2,27,28,33). The van der Waals surface area contributed by atoms with Crippen LogP contribution in [0.3, 0.4) is 0 Å². The van der Waals surface area contributed by atoms with Gasteiger partial charge in [0.2, 0.25) is 15.9 Å². The summed E-state index contributed by atoms with van der Waals surface area (Å²) in [5.74, 6) is -0.180. The van der Waals surface area contributed by atoms with Crippen LogP contribution in [0.15, 0.2) is 48.5 Å². The van der Waals surface area contributed by atoms with Crippen molar-refractivity contribution >= 4 is 44.9 Å². The second kappa shape index (κ2) is 12.8. The molecule has 0 aliphatic carbocycles. The molecule has 0 aromatic heterocycles. The Morgan fingerprint density at radius 2 is 1.72 bits per heavy atom. The third kappa shape index (κ3) is 8.28. The van der Waals surface area contributed by atoms with E-state index in [1.165, 1.54) is 0 Å². The molecule has 0 radical (unpaired) electrons. The minimum atomic E-state index is -3.43. The molecule has 12 heteroatoms. The fraction of sp³-hybridized carbons (Fsp3) is 0.417. The van der Waals surface area contributed by atoms with Crippen molar-refractivity contribution in [2.75, 3.05) is 55.1 Å². The molecule has 1 aliphatic rings. The van der Waals surface area contributed by atoms with Gasteiger partial charge in [-0.25, -0.2) is 13.2 Å². The number of urea groups is 1. The van der Waals surface area contributed by atoms with E-state index in [2.05, 4.69) is 15.4 Å². The highest BCUT2D eigenvalue weighted by atomic mass is 35.5. The van der Waals surface area contributed by atoms with Crippen LogP contribution in [0.2, 0.25) is 5.02 Å². The van der Waals surface area contributed by atoms with E-state index in [1.54, 1.807) is 29.2 Å². The lowest BCUT2D eigenvalue weighted by atomic mass is 10.0. The number of anilines is 2. The summed E-state index contributed by atoms with van der Waals surface area (Å²) in [7, 11) is -3.43. The fourth-order valence-corrected chi connectivity index (χ4v) is 4.69. The Morgan fingerprint density at radius 3 is 2.36 bits per heavy atom. The third-order valence-electron chi connectivity index (χ3n) is 5.75. The number of hydrogen-bond donors (Lipinski definition) is 4. The van der Waals surface area contributed by atoms with Crippen molar-refractivity contribution in [3.63, 3.8) is 0 Å². The first-order valence-electron chi connectivity index (χ1n) is 11.8. The van der Waals surface area contributed by atoms with E-state index in [0.29, 0.717) is 62.8 Å². The van der Waals surface area contributed by atoms with Gasteiger partial charge in [0, 0.05) is 44.2 Å². The zero-order chi connectivity index (χ0) is 26.1. The molecule has 0 spiro atoms. The smallest absolute Gasteiger partial charge is 0.315 e. The second-order valence-corrected chi connectivity index (χ2v) is 10.8. The number of para-hydroxylation sites is 2. The van der Waals surface area contributed by atoms with Crippen LogP contribution in [0.1, 0.15) is 12.0 Å². The lowest BCUT2D eigenvalue weighted by Gasteiger charge is -2.38. The van der Waals surface area contributed by atoms with Crippen LogP contribution in [-0.2, 0) is 21.2 Å². The summed E-state index contributed by atoms with van der Waals surface area (Å²) in [6.45, 7) is 2.78. The van der Waals surface area contributed by atoms with Crippen molar-refractivity contribution in [3.05, 3.63) is 59.1 Å². The summed E-state index contributed by atoms with van der Waals surface area (Å²) in [5, 5.41) is 6.14. The van der Waals surface area contributed by atoms with Crippen molar-refractivity contribution in [1.82, 2.24) is 15.5 Å². The average molecular weight is 537 g/mol. The van der Waals surface area contributed by atoms with E-state index in [4.69, 9.17) is 17.3 Å². The van der Waals surface area contributed by atoms with Gasteiger partial charge in [-0.3, -0.25) is 9.52 Å². The highest BCUT2D eigenvalue weighted by Gasteiger charge is 2.29. The van der Waals surface area contributed by atoms with Crippen LogP contribution in [0.25, 0.3) is 0 Å². The number of carbonyl (C=O) groups is 2. The van der Waals surface area contributed by atoms with E-state index in [0.717, 1.165) is 17.5 Å². The lowest BCUT2D eigenvalue weighted by Crippen LogP contribution is -2.57. The molecule has 0 saturated carbocycles. The van der Waals surface area contributed by atoms with Gasteiger partial charge in [0.1, 0.15) is 6.04 Å². The Morgan fingerprint density at radius 1 is 1.06 bits per heavy atom.